The van der Waals surface area contributed by atoms with Crippen molar-refractivity contribution in [1.29, 1.82) is 0 Å². The van der Waals surface area contributed by atoms with Gasteiger partial charge in [0, 0.05) is 19.2 Å². The molecule has 0 spiro atoms. The molecule has 2 rings (SSSR count). The van der Waals surface area contributed by atoms with Gasteiger partial charge >= 0.3 is 0 Å². The number of hydrogen-bond acceptors (Lipinski definition) is 5. The van der Waals surface area contributed by atoms with Crippen LogP contribution in [0.2, 0.25) is 5.02 Å². The molecule has 0 radical (unpaired) electrons. The summed E-state index contributed by atoms with van der Waals surface area (Å²) in [6.45, 7) is 2.69. The van der Waals surface area contributed by atoms with Crippen molar-refractivity contribution in [1.82, 2.24) is 14.5 Å². The third-order valence-corrected chi connectivity index (χ3v) is 5.40. The van der Waals surface area contributed by atoms with E-state index in [9.17, 15) is 8.42 Å². The number of benzene rings is 1. The Hall–Kier alpha value is -1.77. The van der Waals surface area contributed by atoms with Gasteiger partial charge in [-0.1, -0.05) is 11.6 Å². The summed E-state index contributed by atoms with van der Waals surface area (Å²) in [4.78, 5) is 0.0441. The van der Waals surface area contributed by atoms with Crippen molar-refractivity contribution in [3.63, 3.8) is 0 Å². The Bertz CT molecular complexity index is 805. The Balaban J connectivity index is 2.02. The van der Waals surface area contributed by atoms with Gasteiger partial charge in [-0.15, -0.1) is 0 Å². The van der Waals surface area contributed by atoms with Crippen molar-refractivity contribution in [3.05, 3.63) is 35.1 Å². The van der Waals surface area contributed by atoms with Crippen molar-refractivity contribution >= 4 is 21.6 Å². The zero-order chi connectivity index (χ0) is 17.7. The van der Waals surface area contributed by atoms with Gasteiger partial charge in [-0.2, -0.15) is 5.10 Å². The summed E-state index contributed by atoms with van der Waals surface area (Å²) in [5.41, 5.74) is 0.856. The first-order chi connectivity index (χ1) is 11.4. The van der Waals surface area contributed by atoms with Crippen LogP contribution in [0, 0.1) is 6.92 Å². The topological polar surface area (TPSA) is 82.5 Å². The fraction of sp³-hybridized carbons (Fsp3) is 0.400. The lowest BCUT2D eigenvalue weighted by molar-refractivity contribution is 0.392. The maximum atomic E-state index is 12.5. The van der Waals surface area contributed by atoms with Crippen LogP contribution < -0.4 is 14.2 Å². The lowest BCUT2D eigenvalue weighted by atomic mass is 10.3. The first-order valence-electron chi connectivity index (χ1n) is 7.28. The summed E-state index contributed by atoms with van der Waals surface area (Å²) >= 11 is 5.94. The predicted molar refractivity (Wildman–Crippen MR) is 91.3 cm³/mol. The number of nitrogens with zero attached hydrogens (tertiary/aromatic N) is 2. The van der Waals surface area contributed by atoms with Crippen molar-refractivity contribution in [3.8, 4) is 11.5 Å². The molecular weight excluding hydrogens is 354 g/mol. The standard InChI is InChI=1S/C15H20ClN3O4S/c1-11-13(16)10-17-19(11)8-4-7-18-24(20,21)15-9-12(22-2)5-6-14(15)23-3/h5-6,9-10,18H,4,7-8H2,1-3H3. The van der Waals surface area contributed by atoms with E-state index in [4.69, 9.17) is 21.1 Å². The van der Waals surface area contributed by atoms with Crippen LogP contribution in [-0.2, 0) is 16.6 Å². The highest BCUT2D eigenvalue weighted by Crippen LogP contribution is 2.27. The van der Waals surface area contributed by atoms with Crippen molar-refractivity contribution < 1.29 is 17.9 Å². The number of hydrogen-bond donors (Lipinski definition) is 1. The highest BCUT2D eigenvalue weighted by molar-refractivity contribution is 7.89. The minimum absolute atomic E-state index is 0.0441. The smallest absolute Gasteiger partial charge is 0.244 e. The molecule has 1 aromatic heterocycles. The van der Waals surface area contributed by atoms with Crippen LogP contribution in [0.4, 0.5) is 0 Å². The zero-order valence-electron chi connectivity index (χ0n) is 13.7. The Labute approximate surface area is 146 Å². The van der Waals surface area contributed by atoms with Crippen molar-refractivity contribution in [2.45, 2.75) is 24.8 Å². The number of ether oxygens (including phenoxy) is 2. The molecule has 0 aliphatic rings. The van der Waals surface area contributed by atoms with Crippen LogP contribution >= 0.6 is 11.6 Å². The van der Waals surface area contributed by atoms with Gasteiger partial charge < -0.3 is 9.47 Å². The van der Waals surface area contributed by atoms with E-state index in [-0.39, 0.29) is 17.2 Å². The summed E-state index contributed by atoms with van der Waals surface area (Å²) in [5, 5.41) is 4.72. The highest BCUT2D eigenvalue weighted by Gasteiger charge is 2.20. The van der Waals surface area contributed by atoms with Gasteiger partial charge in [0.25, 0.3) is 0 Å². The van der Waals surface area contributed by atoms with Crippen molar-refractivity contribution in [2.24, 2.45) is 0 Å². The monoisotopic (exact) mass is 373 g/mol. The molecule has 2 aromatic rings. The maximum Gasteiger partial charge on any atom is 0.244 e. The largest absolute Gasteiger partial charge is 0.497 e. The minimum Gasteiger partial charge on any atom is -0.497 e. The Kier molecular flexibility index (Phi) is 6.09. The SMILES string of the molecule is COc1ccc(OC)c(S(=O)(=O)NCCCn2ncc(Cl)c2C)c1. The van der Waals surface area contributed by atoms with E-state index < -0.39 is 10.0 Å². The number of aryl methyl sites for hydroxylation is 1. The summed E-state index contributed by atoms with van der Waals surface area (Å²) in [6.07, 6.45) is 2.15. The van der Waals surface area contributed by atoms with Crippen LogP contribution in [0.3, 0.4) is 0 Å². The molecule has 1 aromatic carbocycles. The molecule has 0 bridgehead atoms. The number of halogens is 1. The summed E-state index contributed by atoms with van der Waals surface area (Å²) < 4.78 is 39.4. The van der Waals surface area contributed by atoms with E-state index in [0.717, 1.165) is 5.69 Å². The average Bonchev–Trinajstić information content (AvgIpc) is 2.90. The molecule has 0 amide bonds. The highest BCUT2D eigenvalue weighted by atomic mass is 35.5. The van der Waals surface area contributed by atoms with E-state index in [2.05, 4.69) is 9.82 Å². The lowest BCUT2D eigenvalue weighted by Gasteiger charge is -2.12. The van der Waals surface area contributed by atoms with E-state index in [1.54, 1.807) is 23.0 Å². The van der Waals surface area contributed by atoms with E-state index in [1.165, 1.54) is 20.3 Å². The van der Waals surface area contributed by atoms with Gasteiger partial charge in [0.1, 0.15) is 16.4 Å². The predicted octanol–water partition coefficient (Wildman–Crippen LogP) is 2.23. The van der Waals surface area contributed by atoms with Gasteiger partial charge in [-0.3, -0.25) is 4.68 Å². The number of nitrogens with one attached hydrogen (secondary N) is 1. The van der Waals surface area contributed by atoms with Crippen LogP contribution in [0.25, 0.3) is 0 Å². The van der Waals surface area contributed by atoms with Gasteiger partial charge in [0.15, 0.2) is 0 Å². The molecule has 9 heteroatoms. The van der Waals surface area contributed by atoms with Crippen LogP contribution in [0.5, 0.6) is 11.5 Å². The normalized spacial score (nSPS) is 11.5. The third-order valence-electron chi connectivity index (χ3n) is 3.54. The summed E-state index contributed by atoms with van der Waals surface area (Å²) in [5.74, 6) is 0.705. The fourth-order valence-electron chi connectivity index (χ4n) is 2.16. The quantitative estimate of drug-likeness (QED) is 0.717. The molecule has 0 unspecified atom stereocenters. The summed E-state index contributed by atoms with van der Waals surface area (Å²) in [7, 11) is -0.809. The second-order valence-electron chi connectivity index (χ2n) is 5.07. The molecule has 0 fully saturated rings. The van der Waals surface area contributed by atoms with Crippen LogP contribution in [0.15, 0.2) is 29.3 Å². The first kappa shape index (κ1) is 18.6. The van der Waals surface area contributed by atoms with Gasteiger partial charge in [0.2, 0.25) is 10.0 Å². The molecule has 0 aliphatic heterocycles. The molecule has 0 saturated heterocycles. The van der Waals surface area contributed by atoms with E-state index >= 15 is 0 Å². The first-order valence-corrected chi connectivity index (χ1v) is 9.14. The minimum atomic E-state index is -3.71. The Morgan fingerprint density at radius 3 is 2.62 bits per heavy atom. The third kappa shape index (κ3) is 4.19. The number of methoxy groups -OCH3 is 2. The summed E-state index contributed by atoms with van der Waals surface area (Å²) in [6, 6.07) is 4.63. The number of aromatic nitrogens is 2. The molecular formula is C15H20ClN3O4S. The van der Waals surface area contributed by atoms with E-state index in [1.807, 2.05) is 6.92 Å². The zero-order valence-corrected chi connectivity index (χ0v) is 15.3. The average molecular weight is 374 g/mol. The Morgan fingerprint density at radius 1 is 1.29 bits per heavy atom. The van der Waals surface area contributed by atoms with Gasteiger partial charge in [-0.25, -0.2) is 13.1 Å². The lowest BCUT2D eigenvalue weighted by Crippen LogP contribution is -2.26. The molecule has 1 heterocycles. The molecule has 7 nitrogen and oxygen atoms in total. The molecule has 0 saturated carbocycles. The Morgan fingerprint density at radius 2 is 2.04 bits per heavy atom. The molecule has 0 atom stereocenters. The number of rotatable bonds is 8. The van der Waals surface area contributed by atoms with Crippen LogP contribution in [-0.4, -0.2) is 39.0 Å². The second kappa shape index (κ2) is 7.87. The molecule has 1 N–H and O–H groups in total. The molecule has 24 heavy (non-hydrogen) atoms. The van der Waals surface area contributed by atoms with Gasteiger partial charge in [0.05, 0.1) is 31.1 Å². The van der Waals surface area contributed by atoms with Crippen molar-refractivity contribution in [2.75, 3.05) is 20.8 Å². The maximum absolute atomic E-state index is 12.5. The molecule has 132 valence electrons. The number of sulfonamides is 1. The van der Waals surface area contributed by atoms with Gasteiger partial charge in [-0.05, 0) is 25.5 Å². The second-order valence-corrected chi connectivity index (χ2v) is 7.21. The van der Waals surface area contributed by atoms with E-state index in [0.29, 0.717) is 23.7 Å². The fourth-order valence-corrected chi connectivity index (χ4v) is 3.55. The van der Waals surface area contributed by atoms with Crippen LogP contribution in [0.1, 0.15) is 12.1 Å². The molecule has 0 aliphatic carbocycles.